The van der Waals surface area contributed by atoms with Crippen LogP contribution in [0.15, 0.2) is 29.4 Å². The smallest absolute Gasteiger partial charge is 0.422 e. The second-order valence-electron chi connectivity index (χ2n) is 8.36. The Bertz CT molecular complexity index is 1250. The molecule has 35 heavy (non-hydrogen) atoms. The van der Waals surface area contributed by atoms with E-state index in [9.17, 15) is 32.0 Å². The number of alkyl halides is 3. The summed E-state index contributed by atoms with van der Waals surface area (Å²) in [4.78, 5) is 20.8. The number of nitrogens with zero attached hydrogens (tertiary/aromatic N) is 3. The molecule has 2 aromatic rings. The van der Waals surface area contributed by atoms with Crippen molar-refractivity contribution in [2.45, 2.75) is 43.7 Å². The van der Waals surface area contributed by atoms with E-state index in [0.717, 1.165) is 24.0 Å². The van der Waals surface area contributed by atoms with Gasteiger partial charge in [0.25, 0.3) is 5.91 Å². The van der Waals surface area contributed by atoms with Gasteiger partial charge in [-0.05, 0) is 38.5 Å². The molecule has 1 aliphatic heterocycles. The number of anilines is 1. The third kappa shape index (κ3) is 6.00. The SMILES string of the molecule is Cc1cc(OCC(F)(F)F)cnc1C(=O)Nc1cc(F)c(F)c([C@]2(C)C[C@](C)(C#N)SC(N)=N2)c1. The number of nitrogens with one attached hydrogen (secondary N) is 1. The van der Waals surface area contributed by atoms with Crippen molar-refractivity contribution in [2.24, 2.45) is 10.7 Å². The molecule has 1 aromatic carbocycles. The zero-order valence-electron chi connectivity index (χ0n) is 18.8. The molecule has 0 aliphatic carbocycles. The molecule has 0 bridgehead atoms. The molecule has 0 saturated carbocycles. The van der Waals surface area contributed by atoms with Crippen LogP contribution in [0, 0.1) is 29.9 Å². The normalized spacial score (nSPS) is 22.2. The second kappa shape index (κ2) is 9.33. The first-order valence-electron chi connectivity index (χ1n) is 10.1. The van der Waals surface area contributed by atoms with Crippen molar-refractivity contribution >= 4 is 28.5 Å². The average Bonchev–Trinajstić information content (AvgIpc) is 2.73. The first-order chi connectivity index (χ1) is 16.1. The Morgan fingerprint density at radius 1 is 1.31 bits per heavy atom. The predicted octanol–water partition coefficient (Wildman–Crippen LogP) is 4.81. The van der Waals surface area contributed by atoms with E-state index in [1.807, 2.05) is 0 Å². The zero-order chi connectivity index (χ0) is 26.2. The van der Waals surface area contributed by atoms with Gasteiger partial charge in [-0.1, -0.05) is 11.8 Å². The second-order valence-corrected chi connectivity index (χ2v) is 9.88. The van der Waals surface area contributed by atoms with Gasteiger partial charge < -0.3 is 15.8 Å². The largest absolute Gasteiger partial charge is 0.482 e. The standard InChI is InChI=1S/C22H20F5N5O2S/c1-11-4-13(34-10-22(25,26)27)7-30-17(11)18(33)31-12-5-14(16(24)15(23)6-12)21(3)8-20(2,9-28)35-19(29)32-21/h4-7H,8,10H2,1-3H3,(H2,29,32)(H,31,33)/t20-,21+/m1/s1. The lowest BCUT2D eigenvalue weighted by atomic mass is 9.83. The third-order valence-electron chi connectivity index (χ3n) is 5.14. The highest BCUT2D eigenvalue weighted by Crippen LogP contribution is 2.46. The Hall–Kier alpha value is -3.40. The van der Waals surface area contributed by atoms with Crippen LogP contribution < -0.4 is 15.8 Å². The number of hydrogen-bond donors (Lipinski definition) is 2. The van der Waals surface area contributed by atoms with Crippen LogP contribution in [0.25, 0.3) is 0 Å². The Labute approximate surface area is 201 Å². The van der Waals surface area contributed by atoms with Crippen LogP contribution in [0.2, 0.25) is 0 Å². The van der Waals surface area contributed by atoms with Crippen LogP contribution in [0.3, 0.4) is 0 Å². The van der Waals surface area contributed by atoms with Crippen LogP contribution in [-0.4, -0.2) is 33.6 Å². The van der Waals surface area contributed by atoms with E-state index in [2.05, 4.69) is 26.1 Å². The maximum absolute atomic E-state index is 14.8. The number of aromatic nitrogens is 1. The van der Waals surface area contributed by atoms with E-state index in [4.69, 9.17) is 5.73 Å². The van der Waals surface area contributed by atoms with Crippen molar-refractivity contribution in [2.75, 3.05) is 11.9 Å². The molecule has 2 atom stereocenters. The molecule has 3 N–H and O–H groups in total. The fourth-order valence-electron chi connectivity index (χ4n) is 3.72. The van der Waals surface area contributed by atoms with E-state index in [-0.39, 0.29) is 39.8 Å². The minimum Gasteiger partial charge on any atom is -0.482 e. The molecular weight excluding hydrogens is 493 g/mol. The van der Waals surface area contributed by atoms with Gasteiger partial charge in [-0.2, -0.15) is 18.4 Å². The van der Waals surface area contributed by atoms with Crippen molar-refractivity contribution in [3.8, 4) is 11.8 Å². The molecule has 3 rings (SSSR count). The number of rotatable bonds is 5. The van der Waals surface area contributed by atoms with Crippen molar-refractivity contribution in [1.29, 1.82) is 5.26 Å². The number of nitrogens with two attached hydrogens (primary N) is 1. The lowest BCUT2D eigenvalue weighted by Gasteiger charge is -2.37. The molecule has 0 unspecified atom stereocenters. The molecule has 7 nitrogen and oxygen atoms in total. The third-order valence-corrected chi connectivity index (χ3v) is 6.13. The van der Waals surface area contributed by atoms with Gasteiger partial charge in [-0.3, -0.25) is 9.79 Å². The molecule has 0 saturated heterocycles. The summed E-state index contributed by atoms with van der Waals surface area (Å²) in [6, 6.07) is 5.26. The number of nitriles is 1. The molecule has 1 amide bonds. The van der Waals surface area contributed by atoms with Gasteiger partial charge in [-0.25, -0.2) is 13.8 Å². The number of benzene rings is 1. The van der Waals surface area contributed by atoms with Crippen LogP contribution in [0.1, 0.15) is 41.9 Å². The first-order valence-corrected chi connectivity index (χ1v) is 10.9. The van der Waals surface area contributed by atoms with E-state index in [1.54, 1.807) is 6.92 Å². The van der Waals surface area contributed by atoms with E-state index < -0.39 is 40.6 Å². The monoisotopic (exact) mass is 513 g/mol. The summed E-state index contributed by atoms with van der Waals surface area (Å²) in [5.74, 6) is -3.46. The number of amides is 1. The van der Waals surface area contributed by atoms with Gasteiger partial charge in [0, 0.05) is 23.7 Å². The number of aryl methyl sites for hydroxylation is 1. The molecule has 0 spiro atoms. The molecular formula is C22H20F5N5O2S. The number of amidine groups is 1. The van der Waals surface area contributed by atoms with Crippen molar-refractivity contribution < 1.29 is 31.5 Å². The van der Waals surface area contributed by atoms with E-state index in [1.165, 1.54) is 26.0 Å². The number of carbonyl (C=O) groups excluding carboxylic acids is 1. The summed E-state index contributed by atoms with van der Waals surface area (Å²) in [5.41, 5.74) is 4.17. The Kier molecular flexibility index (Phi) is 6.99. The summed E-state index contributed by atoms with van der Waals surface area (Å²) in [6.45, 7) is 3.02. The topological polar surface area (TPSA) is 113 Å². The molecule has 0 radical (unpaired) electrons. The summed E-state index contributed by atoms with van der Waals surface area (Å²) in [6.07, 6.45) is -3.57. The Morgan fingerprint density at radius 3 is 2.60 bits per heavy atom. The fourth-order valence-corrected chi connectivity index (χ4v) is 4.83. The minimum absolute atomic E-state index is 0.0235. The Morgan fingerprint density at radius 2 is 2.00 bits per heavy atom. The molecule has 1 aromatic heterocycles. The highest BCUT2D eigenvalue weighted by Gasteiger charge is 2.44. The van der Waals surface area contributed by atoms with Crippen molar-refractivity contribution in [1.82, 2.24) is 4.98 Å². The van der Waals surface area contributed by atoms with Gasteiger partial charge in [0.15, 0.2) is 23.4 Å². The van der Waals surface area contributed by atoms with Crippen LogP contribution in [0.5, 0.6) is 5.75 Å². The summed E-state index contributed by atoms with van der Waals surface area (Å²) in [7, 11) is 0. The lowest BCUT2D eigenvalue weighted by molar-refractivity contribution is -0.153. The summed E-state index contributed by atoms with van der Waals surface area (Å²) < 4.78 is 69.9. The van der Waals surface area contributed by atoms with Crippen molar-refractivity contribution in [3.05, 3.63) is 52.9 Å². The van der Waals surface area contributed by atoms with Gasteiger partial charge in [0.1, 0.15) is 16.2 Å². The minimum atomic E-state index is -4.54. The lowest BCUT2D eigenvalue weighted by Crippen LogP contribution is -2.40. The Balaban J connectivity index is 1.89. The number of pyridine rings is 1. The van der Waals surface area contributed by atoms with Gasteiger partial charge in [-0.15, -0.1) is 0 Å². The molecule has 13 heteroatoms. The van der Waals surface area contributed by atoms with Gasteiger partial charge in [0.05, 0.1) is 17.8 Å². The zero-order valence-corrected chi connectivity index (χ0v) is 19.6. The number of halogens is 5. The summed E-state index contributed by atoms with van der Waals surface area (Å²) >= 11 is 1.02. The first kappa shape index (κ1) is 26.2. The number of aliphatic imine (C=N–C) groups is 1. The van der Waals surface area contributed by atoms with Gasteiger partial charge in [0.2, 0.25) is 0 Å². The van der Waals surface area contributed by atoms with Crippen LogP contribution in [0.4, 0.5) is 27.6 Å². The maximum Gasteiger partial charge on any atom is 0.422 e. The van der Waals surface area contributed by atoms with Crippen LogP contribution >= 0.6 is 11.8 Å². The van der Waals surface area contributed by atoms with E-state index >= 15 is 0 Å². The number of thioether (sulfide) groups is 1. The van der Waals surface area contributed by atoms with Crippen molar-refractivity contribution in [3.63, 3.8) is 0 Å². The molecule has 186 valence electrons. The van der Waals surface area contributed by atoms with E-state index in [0.29, 0.717) is 0 Å². The maximum atomic E-state index is 14.8. The number of ether oxygens (including phenoxy) is 1. The predicted molar refractivity (Wildman–Crippen MR) is 120 cm³/mol. The average molecular weight is 513 g/mol. The highest BCUT2D eigenvalue weighted by atomic mass is 32.2. The quantitative estimate of drug-likeness (QED) is 0.555. The molecule has 1 aliphatic rings. The number of hydrogen-bond acceptors (Lipinski definition) is 7. The van der Waals surface area contributed by atoms with Gasteiger partial charge >= 0.3 is 6.18 Å². The molecule has 0 fully saturated rings. The fraction of sp³-hybridized carbons (Fsp3) is 0.364. The molecule has 2 heterocycles. The summed E-state index contributed by atoms with van der Waals surface area (Å²) in [5, 5.41) is 12.0. The number of carbonyl (C=O) groups is 1. The highest BCUT2D eigenvalue weighted by molar-refractivity contribution is 8.15. The van der Waals surface area contributed by atoms with Crippen LogP contribution in [-0.2, 0) is 5.54 Å².